The Morgan fingerprint density at radius 3 is 1.72 bits per heavy atom. The number of nitro benzene ring substituents is 3. The highest BCUT2D eigenvalue weighted by atomic mass is 16.6. The lowest BCUT2D eigenvalue weighted by Crippen LogP contribution is -2.06. The lowest BCUT2D eigenvalue weighted by molar-refractivity contribution is -0.402. The van der Waals surface area contributed by atoms with Gasteiger partial charge < -0.3 is 0 Å². The smallest absolute Gasteiger partial charge is 0.258 e. The van der Waals surface area contributed by atoms with E-state index in [2.05, 4.69) is 6.58 Å². The Morgan fingerprint density at radius 2 is 1.24 bits per heavy atom. The van der Waals surface area contributed by atoms with Crippen LogP contribution in [0.1, 0.15) is 11.1 Å². The summed E-state index contributed by atoms with van der Waals surface area (Å²) in [5.74, 6) is 0. The lowest BCUT2D eigenvalue weighted by Gasteiger charge is -2.12. The van der Waals surface area contributed by atoms with E-state index in [4.69, 9.17) is 0 Å². The minimum Gasteiger partial charge on any atom is -0.258 e. The molecule has 0 fully saturated rings. The Labute approximate surface area is 164 Å². The first-order chi connectivity index (χ1) is 13.8. The summed E-state index contributed by atoms with van der Waals surface area (Å²) in [4.78, 5) is 32.7. The maximum atomic E-state index is 12.0. The van der Waals surface area contributed by atoms with Crippen molar-refractivity contribution < 1.29 is 14.8 Å². The van der Waals surface area contributed by atoms with Gasteiger partial charge in [-0.15, -0.1) is 0 Å². The number of nitrogens with zero attached hydrogens (tertiary/aromatic N) is 3. The summed E-state index contributed by atoms with van der Waals surface area (Å²) in [6.45, 7) is 3.81. The van der Waals surface area contributed by atoms with E-state index in [-0.39, 0.29) is 22.3 Å². The Bertz CT molecular complexity index is 1140. The minimum absolute atomic E-state index is 0.0241. The minimum atomic E-state index is -0.877. The van der Waals surface area contributed by atoms with Gasteiger partial charge in [0.2, 0.25) is 0 Å². The maximum Gasteiger partial charge on any atom is 0.298 e. The Hall–Kier alpha value is -4.40. The van der Waals surface area contributed by atoms with Crippen LogP contribution in [0.3, 0.4) is 0 Å². The zero-order chi connectivity index (χ0) is 21.1. The molecule has 0 bridgehead atoms. The van der Waals surface area contributed by atoms with Crippen molar-refractivity contribution in [1.29, 1.82) is 0 Å². The van der Waals surface area contributed by atoms with E-state index in [0.717, 1.165) is 6.07 Å². The summed E-state index contributed by atoms with van der Waals surface area (Å²) in [6, 6.07) is 16.7. The van der Waals surface area contributed by atoms with Crippen molar-refractivity contribution in [3.05, 3.63) is 115 Å². The topological polar surface area (TPSA) is 129 Å². The molecule has 0 aromatic heterocycles. The molecule has 0 radical (unpaired) electrons. The number of rotatable bonds is 6. The second kappa shape index (κ2) is 7.69. The molecule has 3 rings (SSSR count). The van der Waals surface area contributed by atoms with E-state index in [9.17, 15) is 30.3 Å². The third-order valence-corrected chi connectivity index (χ3v) is 4.32. The molecule has 0 aliphatic rings. The van der Waals surface area contributed by atoms with Crippen LogP contribution in [-0.4, -0.2) is 14.8 Å². The highest BCUT2D eigenvalue weighted by molar-refractivity contribution is 5.96. The summed E-state index contributed by atoms with van der Waals surface area (Å²) in [5, 5.41) is 35.3. The van der Waals surface area contributed by atoms with Gasteiger partial charge in [-0.2, -0.15) is 0 Å². The van der Waals surface area contributed by atoms with Crippen LogP contribution in [0.15, 0.2) is 73.3 Å². The van der Waals surface area contributed by atoms with Crippen LogP contribution in [0.2, 0.25) is 0 Å². The van der Waals surface area contributed by atoms with Crippen LogP contribution in [0.4, 0.5) is 17.1 Å². The molecular formula is C20H13N3O6. The van der Waals surface area contributed by atoms with Gasteiger partial charge >= 0.3 is 0 Å². The Balaban J connectivity index is 2.49. The molecule has 0 N–H and O–H groups in total. The third-order valence-electron chi connectivity index (χ3n) is 4.32. The lowest BCUT2D eigenvalue weighted by atomic mass is 9.90. The first-order valence-electron chi connectivity index (χ1n) is 8.27. The van der Waals surface area contributed by atoms with Gasteiger partial charge in [-0.1, -0.05) is 67.2 Å². The van der Waals surface area contributed by atoms with Gasteiger partial charge in [0.25, 0.3) is 17.1 Å². The second-order valence-electron chi connectivity index (χ2n) is 6.00. The van der Waals surface area contributed by atoms with E-state index in [1.165, 1.54) is 12.1 Å². The van der Waals surface area contributed by atoms with Gasteiger partial charge in [-0.25, -0.2) is 0 Å². The summed E-state index contributed by atoms with van der Waals surface area (Å²) in [5.41, 5.74) is -2.23. The molecule has 9 nitrogen and oxygen atoms in total. The van der Waals surface area contributed by atoms with E-state index in [1.54, 1.807) is 48.5 Å². The van der Waals surface area contributed by atoms with Crippen molar-refractivity contribution in [2.45, 2.75) is 0 Å². The average molecular weight is 391 g/mol. The molecule has 0 saturated carbocycles. The van der Waals surface area contributed by atoms with Crippen LogP contribution in [0, 0.1) is 30.3 Å². The molecule has 0 spiro atoms. The molecule has 0 heterocycles. The fraction of sp³-hybridized carbons (Fsp3) is 0. The van der Waals surface area contributed by atoms with E-state index < -0.39 is 31.8 Å². The largest absolute Gasteiger partial charge is 0.298 e. The molecule has 3 aromatic carbocycles. The molecule has 0 aliphatic carbocycles. The van der Waals surface area contributed by atoms with Crippen LogP contribution < -0.4 is 0 Å². The second-order valence-corrected chi connectivity index (χ2v) is 6.00. The van der Waals surface area contributed by atoms with E-state index >= 15 is 0 Å². The predicted molar refractivity (Wildman–Crippen MR) is 106 cm³/mol. The molecule has 144 valence electrons. The van der Waals surface area contributed by atoms with Gasteiger partial charge in [0.15, 0.2) is 0 Å². The summed E-state index contributed by atoms with van der Waals surface area (Å²) < 4.78 is 0. The Kier molecular flexibility index (Phi) is 5.13. The van der Waals surface area contributed by atoms with Crippen molar-refractivity contribution in [2.75, 3.05) is 0 Å². The Morgan fingerprint density at radius 1 is 0.724 bits per heavy atom. The van der Waals surface area contributed by atoms with Crippen LogP contribution in [-0.2, 0) is 0 Å². The van der Waals surface area contributed by atoms with Gasteiger partial charge in [-0.3, -0.25) is 30.3 Å². The number of hydrogen-bond donors (Lipinski definition) is 0. The SMILES string of the molecule is C=C(c1ccccc1)c1c([N+](=O)[O-])cc([N+](=O)[O-])c(-c2ccccc2)c1[N+](=O)[O-]. The van der Waals surface area contributed by atoms with Crippen molar-refractivity contribution in [3.8, 4) is 11.1 Å². The number of nitro groups is 3. The first-order valence-corrected chi connectivity index (χ1v) is 8.27. The van der Waals surface area contributed by atoms with Crippen LogP contribution in [0.5, 0.6) is 0 Å². The highest BCUT2D eigenvalue weighted by Gasteiger charge is 2.38. The van der Waals surface area contributed by atoms with Gasteiger partial charge in [0.05, 0.1) is 20.8 Å². The summed E-state index contributed by atoms with van der Waals surface area (Å²) in [6.07, 6.45) is 0. The van der Waals surface area contributed by atoms with Crippen molar-refractivity contribution in [3.63, 3.8) is 0 Å². The van der Waals surface area contributed by atoms with Crippen LogP contribution >= 0.6 is 0 Å². The number of benzene rings is 3. The van der Waals surface area contributed by atoms with E-state index in [1.807, 2.05) is 0 Å². The molecular weight excluding hydrogens is 378 g/mol. The van der Waals surface area contributed by atoms with Crippen molar-refractivity contribution >= 4 is 22.6 Å². The summed E-state index contributed by atoms with van der Waals surface area (Å²) >= 11 is 0. The highest BCUT2D eigenvalue weighted by Crippen LogP contribution is 2.48. The zero-order valence-electron chi connectivity index (χ0n) is 14.8. The van der Waals surface area contributed by atoms with Crippen molar-refractivity contribution in [2.24, 2.45) is 0 Å². The molecule has 0 atom stereocenters. The average Bonchev–Trinajstić information content (AvgIpc) is 2.72. The fourth-order valence-electron chi connectivity index (χ4n) is 3.08. The molecule has 9 heteroatoms. The fourth-order valence-corrected chi connectivity index (χ4v) is 3.08. The number of hydrogen-bond acceptors (Lipinski definition) is 6. The normalized spacial score (nSPS) is 10.3. The molecule has 29 heavy (non-hydrogen) atoms. The van der Waals surface area contributed by atoms with Gasteiger partial charge in [0.1, 0.15) is 11.1 Å². The third kappa shape index (κ3) is 3.56. The molecule has 3 aromatic rings. The molecule has 0 saturated heterocycles. The monoisotopic (exact) mass is 391 g/mol. The van der Waals surface area contributed by atoms with Crippen LogP contribution in [0.25, 0.3) is 16.7 Å². The van der Waals surface area contributed by atoms with E-state index in [0.29, 0.717) is 5.56 Å². The molecule has 0 aliphatic heterocycles. The predicted octanol–water partition coefficient (Wildman–Crippen LogP) is 5.14. The van der Waals surface area contributed by atoms with Gasteiger partial charge in [0, 0.05) is 0 Å². The summed E-state index contributed by atoms with van der Waals surface area (Å²) in [7, 11) is 0. The van der Waals surface area contributed by atoms with Gasteiger partial charge in [-0.05, 0) is 16.7 Å². The zero-order valence-corrected chi connectivity index (χ0v) is 14.8. The standard InChI is InChI=1S/C20H13N3O6/c1-13(14-8-4-2-5-9-14)18-16(21(24)25)12-17(22(26)27)19(20(18)23(28)29)15-10-6-3-7-11-15/h2-12H,1H2. The van der Waals surface area contributed by atoms with Crippen molar-refractivity contribution in [1.82, 2.24) is 0 Å². The first kappa shape index (κ1) is 19.4. The maximum absolute atomic E-state index is 12.0. The molecule has 0 amide bonds. The molecule has 0 unspecified atom stereocenters. The quantitative estimate of drug-likeness (QED) is 0.422.